The van der Waals surface area contributed by atoms with E-state index in [-0.39, 0.29) is 24.1 Å². The maximum atomic E-state index is 13.6. The summed E-state index contributed by atoms with van der Waals surface area (Å²) in [5.41, 5.74) is -0.177. The first kappa shape index (κ1) is 15.9. The molecular weight excluding hydrogens is 341 g/mol. The second-order valence-corrected chi connectivity index (χ2v) is 6.02. The largest absolute Gasteiger partial charge is 0.452 e. The number of esters is 1. The second kappa shape index (κ2) is 7.54. The molecule has 0 bridgehead atoms. The van der Waals surface area contributed by atoms with E-state index < -0.39 is 11.8 Å². The third kappa shape index (κ3) is 4.81. The highest BCUT2D eigenvalue weighted by molar-refractivity contribution is 9.10. The molecular formula is C15H17BrFNO3. The fourth-order valence-electron chi connectivity index (χ4n) is 2.38. The molecule has 0 aromatic heterocycles. The number of ether oxygens (including phenoxy) is 1. The highest BCUT2D eigenvalue weighted by atomic mass is 79.9. The van der Waals surface area contributed by atoms with Crippen LogP contribution < -0.4 is 5.32 Å². The van der Waals surface area contributed by atoms with Gasteiger partial charge in [0.1, 0.15) is 5.82 Å². The standard InChI is InChI=1S/C15H17BrFNO3/c16-10-6-7-12(13(17)8-10)15(20)21-9-14(19)18-11-4-2-1-3-5-11/h6-8,11H,1-5,9H2,(H,18,19). The van der Waals surface area contributed by atoms with E-state index in [2.05, 4.69) is 21.2 Å². The Hall–Kier alpha value is -1.43. The Bertz CT molecular complexity index is 530. The van der Waals surface area contributed by atoms with Gasteiger partial charge in [-0.2, -0.15) is 0 Å². The maximum Gasteiger partial charge on any atom is 0.341 e. The number of rotatable bonds is 4. The van der Waals surface area contributed by atoms with Gasteiger partial charge in [0, 0.05) is 10.5 Å². The summed E-state index contributed by atoms with van der Waals surface area (Å²) in [6.45, 7) is -0.384. The Morgan fingerprint density at radius 3 is 2.67 bits per heavy atom. The first-order valence-electron chi connectivity index (χ1n) is 6.98. The minimum Gasteiger partial charge on any atom is -0.452 e. The normalized spacial score (nSPS) is 15.5. The number of carbonyl (C=O) groups excluding carboxylic acids is 2. The van der Waals surface area contributed by atoms with Crippen LogP contribution in [0.15, 0.2) is 22.7 Å². The lowest BCUT2D eigenvalue weighted by molar-refractivity contribution is -0.125. The third-order valence-corrected chi connectivity index (χ3v) is 3.95. The smallest absolute Gasteiger partial charge is 0.341 e. The van der Waals surface area contributed by atoms with Crippen LogP contribution in [0.5, 0.6) is 0 Å². The molecule has 1 aromatic rings. The minimum absolute atomic E-state index is 0.161. The van der Waals surface area contributed by atoms with E-state index in [0.717, 1.165) is 25.7 Å². The van der Waals surface area contributed by atoms with Gasteiger partial charge in [-0.1, -0.05) is 35.2 Å². The molecule has 0 heterocycles. The van der Waals surface area contributed by atoms with E-state index in [1.807, 2.05) is 0 Å². The Morgan fingerprint density at radius 2 is 2.00 bits per heavy atom. The van der Waals surface area contributed by atoms with Crippen molar-refractivity contribution in [2.24, 2.45) is 0 Å². The summed E-state index contributed by atoms with van der Waals surface area (Å²) in [6.07, 6.45) is 5.33. The van der Waals surface area contributed by atoms with E-state index in [9.17, 15) is 14.0 Å². The van der Waals surface area contributed by atoms with Crippen LogP contribution in [0.2, 0.25) is 0 Å². The van der Waals surface area contributed by atoms with Crippen LogP contribution in [0.25, 0.3) is 0 Å². The average Bonchev–Trinajstić information content (AvgIpc) is 2.46. The Morgan fingerprint density at radius 1 is 1.29 bits per heavy atom. The molecule has 0 aliphatic heterocycles. The molecule has 4 nitrogen and oxygen atoms in total. The minimum atomic E-state index is -0.834. The van der Waals surface area contributed by atoms with E-state index in [0.29, 0.717) is 4.47 Å². The summed E-state index contributed by atoms with van der Waals surface area (Å²) in [5.74, 6) is -1.85. The van der Waals surface area contributed by atoms with E-state index in [1.165, 1.54) is 18.6 Å². The van der Waals surface area contributed by atoms with Crippen molar-refractivity contribution in [1.82, 2.24) is 5.32 Å². The first-order chi connectivity index (χ1) is 10.1. The summed E-state index contributed by atoms with van der Waals surface area (Å²) in [4.78, 5) is 23.4. The lowest BCUT2D eigenvalue weighted by atomic mass is 9.95. The van der Waals surface area contributed by atoms with Gasteiger partial charge in [0.15, 0.2) is 6.61 Å². The number of amides is 1. The number of carbonyl (C=O) groups is 2. The average molecular weight is 358 g/mol. The molecule has 1 fully saturated rings. The van der Waals surface area contributed by atoms with Crippen molar-refractivity contribution >= 4 is 27.8 Å². The van der Waals surface area contributed by atoms with E-state index in [4.69, 9.17) is 4.74 Å². The summed E-state index contributed by atoms with van der Waals surface area (Å²) < 4.78 is 18.9. The molecule has 1 amide bonds. The molecule has 0 unspecified atom stereocenters. The highest BCUT2D eigenvalue weighted by Gasteiger charge is 2.18. The van der Waals surface area contributed by atoms with Crippen LogP contribution in [-0.2, 0) is 9.53 Å². The molecule has 1 aliphatic rings. The van der Waals surface area contributed by atoms with Gasteiger partial charge in [0.25, 0.3) is 5.91 Å². The molecule has 114 valence electrons. The molecule has 6 heteroatoms. The quantitative estimate of drug-likeness (QED) is 0.841. The summed E-state index contributed by atoms with van der Waals surface area (Å²) in [6, 6.07) is 4.20. The van der Waals surface area contributed by atoms with Gasteiger partial charge < -0.3 is 10.1 Å². The zero-order chi connectivity index (χ0) is 15.2. The van der Waals surface area contributed by atoms with Crippen molar-refractivity contribution in [2.45, 2.75) is 38.1 Å². The van der Waals surface area contributed by atoms with Crippen molar-refractivity contribution in [3.8, 4) is 0 Å². The van der Waals surface area contributed by atoms with Crippen LogP contribution in [0.3, 0.4) is 0 Å². The van der Waals surface area contributed by atoms with Crippen molar-refractivity contribution in [3.05, 3.63) is 34.1 Å². The molecule has 1 aliphatic carbocycles. The predicted molar refractivity (Wildman–Crippen MR) is 79.4 cm³/mol. The van der Waals surface area contributed by atoms with Crippen molar-refractivity contribution in [1.29, 1.82) is 0 Å². The topological polar surface area (TPSA) is 55.4 Å². The van der Waals surface area contributed by atoms with Gasteiger partial charge in [0.05, 0.1) is 5.56 Å². The highest BCUT2D eigenvalue weighted by Crippen LogP contribution is 2.18. The summed E-state index contributed by atoms with van der Waals surface area (Å²) in [5, 5.41) is 2.83. The first-order valence-corrected chi connectivity index (χ1v) is 7.77. The van der Waals surface area contributed by atoms with Gasteiger partial charge in [0.2, 0.25) is 0 Å². The molecule has 0 saturated heterocycles. The van der Waals surface area contributed by atoms with E-state index in [1.54, 1.807) is 6.07 Å². The SMILES string of the molecule is O=C(COC(=O)c1ccc(Br)cc1F)NC1CCCCC1. The molecule has 21 heavy (non-hydrogen) atoms. The van der Waals surface area contributed by atoms with Crippen LogP contribution >= 0.6 is 15.9 Å². The molecule has 1 saturated carbocycles. The van der Waals surface area contributed by atoms with Crippen LogP contribution in [0, 0.1) is 5.82 Å². The zero-order valence-electron chi connectivity index (χ0n) is 11.5. The van der Waals surface area contributed by atoms with Gasteiger partial charge in [-0.3, -0.25) is 4.79 Å². The Kier molecular flexibility index (Phi) is 5.73. The van der Waals surface area contributed by atoms with Gasteiger partial charge >= 0.3 is 5.97 Å². The van der Waals surface area contributed by atoms with Crippen molar-refractivity contribution in [3.63, 3.8) is 0 Å². The summed E-state index contributed by atoms with van der Waals surface area (Å²) >= 11 is 3.11. The lowest BCUT2D eigenvalue weighted by Gasteiger charge is -2.22. The molecule has 0 atom stereocenters. The summed E-state index contributed by atoms with van der Waals surface area (Å²) in [7, 11) is 0. The third-order valence-electron chi connectivity index (χ3n) is 3.46. The number of hydrogen-bond acceptors (Lipinski definition) is 3. The fourth-order valence-corrected chi connectivity index (χ4v) is 2.71. The van der Waals surface area contributed by atoms with Gasteiger partial charge in [-0.25, -0.2) is 9.18 Å². The fraction of sp³-hybridized carbons (Fsp3) is 0.467. The Labute approximate surface area is 131 Å². The lowest BCUT2D eigenvalue weighted by Crippen LogP contribution is -2.38. The monoisotopic (exact) mass is 357 g/mol. The maximum absolute atomic E-state index is 13.6. The van der Waals surface area contributed by atoms with Crippen molar-refractivity contribution < 1.29 is 18.7 Å². The van der Waals surface area contributed by atoms with Gasteiger partial charge in [-0.15, -0.1) is 0 Å². The molecule has 2 rings (SSSR count). The second-order valence-electron chi connectivity index (χ2n) is 5.10. The van der Waals surface area contributed by atoms with Gasteiger partial charge in [-0.05, 0) is 31.0 Å². The molecule has 0 radical (unpaired) electrons. The predicted octanol–water partition coefficient (Wildman–Crippen LogP) is 3.19. The number of hydrogen-bond donors (Lipinski definition) is 1. The number of halogens is 2. The zero-order valence-corrected chi connectivity index (χ0v) is 13.1. The number of benzene rings is 1. The molecule has 0 spiro atoms. The number of nitrogens with one attached hydrogen (secondary N) is 1. The van der Waals surface area contributed by atoms with Crippen LogP contribution in [0.1, 0.15) is 42.5 Å². The van der Waals surface area contributed by atoms with Crippen LogP contribution in [0.4, 0.5) is 4.39 Å². The van der Waals surface area contributed by atoms with Crippen LogP contribution in [-0.4, -0.2) is 24.5 Å². The Balaban J connectivity index is 1.81. The molecule has 1 N–H and O–H groups in total. The molecule has 1 aromatic carbocycles. The van der Waals surface area contributed by atoms with Crippen molar-refractivity contribution in [2.75, 3.05) is 6.61 Å². The van der Waals surface area contributed by atoms with E-state index >= 15 is 0 Å².